The third-order valence-electron chi connectivity index (χ3n) is 6.72. The Labute approximate surface area is 218 Å². The average molecular weight is 503 g/mol. The van der Waals surface area contributed by atoms with E-state index in [2.05, 4.69) is 38.3 Å². The van der Waals surface area contributed by atoms with E-state index in [9.17, 15) is 4.79 Å². The standard InChI is InChI=1S/C29H34N4O4/c34-28(31-20-24-4-1-2-5-25(24)21-32-12-16-35-17-13-32)22-37-26-9-7-23(8-10-26)27-6-3-11-30-29(27)33-14-18-36-19-15-33/h1-11H,12-22H2,(H,31,34). The van der Waals surface area contributed by atoms with Crippen molar-refractivity contribution in [1.29, 1.82) is 0 Å². The molecular weight excluding hydrogens is 468 g/mol. The number of benzene rings is 2. The topological polar surface area (TPSA) is 76.2 Å². The summed E-state index contributed by atoms with van der Waals surface area (Å²) in [7, 11) is 0. The molecule has 3 heterocycles. The predicted molar refractivity (Wildman–Crippen MR) is 143 cm³/mol. The van der Waals surface area contributed by atoms with Gasteiger partial charge in [-0.2, -0.15) is 0 Å². The number of ether oxygens (including phenoxy) is 3. The minimum absolute atomic E-state index is 0.0309. The SMILES string of the molecule is O=C(COc1ccc(-c2cccnc2N2CCOCC2)cc1)NCc1ccccc1CN1CCOCC1. The molecule has 2 aliphatic heterocycles. The van der Waals surface area contributed by atoms with E-state index in [0.717, 1.165) is 68.4 Å². The molecule has 1 amide bonds. The third kappa shape index (κ3) is 6.85. The molecule has 3 aromatic rings. The summed E-state index contributed by atoms with van der Waals surface area (Å²) >= 11 is 0. The molecule has 2 aliphatic rings. The van der Waals surface area contributed by atoms with Crippen molar-refractivity contribution in [1.82, 2.24) is 15.2 Å². The lowest BCUT2D eigenvalue weighted by atomic mass is 10.1. The van der Waals surface area contributed by atoms with Crippen molar-refractivity contribution in [3.05, 3.63) is 78.0 Å². The summed E-state index contributed by atoms with van der Waals surface area (Å²) in [5, 5.41) is 3.00. The van der Waals surface area contributed by atoms with Gasteiger partial charge in [0.05, 0.1) is 26.4 Å². The highest BCUT2D eigenvalue weighted by Crippen LogP contribution is 2.30. The highest BCUT2D eigenvalue weighted by molar-refractivity contribution is 5.78. The number of nitrogens with zero attached hydrogens (tertiary/aromatic N) is 3. The average Bonchev–Trinajstić information content (AvgIpc) is 2.97. The van der Waals surface area contributed by atoms with E-state index in [-0.39, 0.29) is 12.5 Å². The van der Waals surface area contributed by atoms with Crippen LogP contribution in [0.15, 0.2) is 66.9 Å². The molecule has 0 radical (unpaired) electrons. The van der Waals surface area contributed by atoms with Crippen LogP contribution in [0.1, 0.15) is 11.1 Å². The zero-order valence-corrected chi connectivity index (χ0v) is 21.1. The number of carbonyl (C=O) groups is 1. The van der Waals surface area contributed by atoms with Gasteiger partial charge in [-0.1, -0.05) is 36.4 Å². The Balaban J connectivity index is 1.13. The Morgan fingerprint density at radius 2 is 1.57 bits per heavy atom. The molecular formula is C29H34N4O4. The molecule has 0 spiro atoms. The summed E-state index contributed by atoms with van der Waals surface area (Å²) in [6.45, 7) is 7.81. The van der Waals surface area contributed by atoms with Crippen molar-refractivity contribution in [2.45, 2.75) is 13.1 Å². The molecule has 0 saturated carbocycles. The minimum Gasteiger partial charge on any atom is -0.484 e. The number of hydrogen-bond acceptors (Lipinski definition) is 7. The molecule has 0 atom stereocenters. The Kier molecular flexibility index (Phi) is 8.63. The Bertz CT molecular complexity index is 1160. The van der Waals surface area contributed by atoms with Crippen molar-refractivity contribution in [2.75, 3.05) is 64.1 Å². The summed E-state index contributed by atoms with van der Waals surface area (Å²) in [5.74, 6) is 1.48. The number of carbonyl (C=O) groups excluding carboxylic acids is 1. The van der Waals surface area contributed by atoms with Gasteiger partial charge in [0.25, 0.3) is 5.91 Å². The van der Waals surface area contributed by atoms with Gasteiger partial charge in [-0.25, -0.2) is 4.98 Å². The van der Waals surface area contributed by atoms with Crippen molar-refractivity contribution in [2.24, 2.45) is 0 Å². The van der Waals surface area contributed by atoms with Gasteiger partial charge in [-0.05, 0) is 41.0 Å². The number of aromatic nitrogens is 1. The summed E-state index contributed by atoms with van der Waals surface area (Å²) in [4.78, 5) is 21.8. The first-order valence-electron chi connectivity index (χ1n) is 12.9. The molecule has 0 unspecified atom stereocenters. The lowest BCUT2D eigenvalue weighted by Gasteiger charge is -2.29. The van der Waals surface area contributed by atoms with Crippen LogP contribution in [0.2, 0.25) is 0 Å². The van der Waals surface area contributed by atoms with E-state index in [0.29, 0.717) is 25.5 Å². The Morgan fingerprint density at radius 1 is 0.865 bits per heavy atom. The van der Waals surface area contributed by atoms with Crippen molar-refractivity contribution in [3.8, 4) is 16.9 Å². The van der Waals surface area contributed by atoms with Crippen LogP contribution in [0.4, 0.5) is 5.82 Å². The van der Waals surface area contributed by atoms with Crippen LogP contribution in [0.3, 0.4) is 0 Å². The highest BCUT2D eigenvalue weighted by atomic mass is 16.5. The lowest BCUT2D eigenvalue weighted by Crippen LogP contribution is -2.37. The molecule has 37 heavy (non-hydrogen) atoms. The van der Waals surface area contributed by atoms with Gasteiger partial charge < -0.3 is 24.4 Å². The van der Waals surface area contributed by atoms with E-state index in [1.165, 1.54) is 5.56 Å². The van der Waals surface area contributed by atoms with Gasteiger partial charge >= 0.3 is 0 Å². The summed E-state index contributed by atoms with van der Waals surface area (Å²) in [5.41, 5.74) is 4.49. The molecule has 2 fully saturated rings. The maximum atomic E-state index is 12.5. The fourth-order valence-corrected chi connectivity index (χ4v) is 4.66. The lowest BCUT2D eigenvalue weighted by molar-refractivity contribution is -0.123. The van der Waals surface area contributed by atoms with Gasteiger partial charge in [0.1, 0.15) is 11.6 Å². The van der Waals surface area contributed by atoms with Gasteiger partial charge in [0, 0.05) is 51.0 Å². The van der Waals surface area contributed by atoms with Crippen LogP contribution in [0.5, 0.6) is 5.75 Å². The first-order valence-corrected chi connectivity index (χ1v) is 12.9. The van der Waals surface area contributed by atoms with E-state index < -0.39 is 0 Å². The number of hydrogen-bond donors (Lipinski definition) is 1. The number of rotatable bonds is 9. The van der Waals surface area contributed by atoms with Gasteiger partial charge in [-0.3, -0.25) is 9.69 Å². The fraction of sp³-hybridized carbons (Fsp3) is 0.379. The largest absolute Gasteiger partial charge is 0.484 e. The first kappa shape index (κ1) is 25.2. The van der Waals surface area contributed by atoms with E-state index in [1.54, 1.807) is 0 Å². The smallest absolute Gasteiger partial charge is 0.258 e. The monoisotopic (exact) mass is 502 g/mol. The summed E-state index contributed by atoms with van der Waals surface area (Å²) in [6.07, 6.45) is 1.82. The van der Waals surface area contributed by atoms with Gasteiger partial charge in [0.15, 0.2) is 6.61 Å². The number of amides is 1. The first-order chi connectivity index (χ1) is 18.3. The molecule has 194 valence electrons. The van der Waals surface area contributed by atoms with Crippen LogP contribution in [0.25, 0.3) is 11.1 Å². The zero-order chi connectivity index (χ0) is 25.3. The maximum Gasteiger partial charge on any atom is 0.258 e. The molecule has 1 N–H and O–H groups in total. The highest BCUT2D eigenvalue weighted by Gasteiger charge is 2.17. The number of pyridine rings is 1. The Hall–Kier alpha value is -3.46. The maximum absolute atomic E-state index is 12.5. The second-order valence-corrected chi connectivity index (χ2v) is 9.22. The molecule has 0 bridgehead atoms. The van der Waals surface area contributed by atoms with E-state index >= 15 is 0 Å². The minimum atomic E-state index is -0.146. The molecule has 5 rings (SSSR count). The van der Waals surface area contributed by atoms with Crippen LogP contribution in [-0.4, -0.2) is 75.0 Å². The number of nitrogens with one attached hydrogen (secondary N) is 1. The predicted octanol–water partition coefficient (Wildman–Crippen LogP) is 3.11. The van der Waals surface area contributed by atoms with E-state index in [1.807, 2.05) is 48.7 Å². The van der Waals surface area contributed by atoms with Crippen LogP contribution in [-0.2, 0) is 27.4 Å². The summed E-state index contributed by atoms with van der Waals surface area (Å²) < 4.78 is 16.7. The molecule has 2 aromatic carbocycles. The quantitative estimate of drug-likeness (QED) is 0.482. The van der Waals surface area contributed by atoms with Gasteiger partial charge in [0.2, 0.25) is 0 Å². The summed E-state index contributed by atoms with van der Waals surface area (Å²) in [6, 6.07) is 20.1. The van der Waals surface area contributed by atoms with Crippen molar-refractivity contribution >= 4 is 11.7 Å². The zero-order valence-electron chi connectivity index (χ0n) is 21.1. The second-order valence-electron chi connectivity index (χ2n) is 9.22. The molecule has 8 nitrogen and oxygen atoms in total. The second kappa shape index (κ2) is 12.7. The fourth-order valence-electron chi connectivity index (χ4n) is 4.66. The molecule has 0 aliphatic carbocycles. The van der Waals surface area contributed by atoms with E-state index in [4.69, 9.17) is 14.2 Å². The molecule has 8 heteroatoms. The van der Waals surface area contributed by atoms with Crippen LogP contribution >= 0.6 is 0 Å². The normalized spacial score (nSPS) is 16.4. The number of morpholine rings is 2. The Morgan fingerprint density at radius 3 is 2.32 bits per heavy atom. The molecule has 1 aromatic heterocycles. The van der Waals surface area contributed by atoms with Crippen LogP contribution < -0.4 is 15.0 Å². The number of anilines is 1. The van der Waals surface area contributed by atoms with Crippen LogP contribution in [0, 0.1) is 0 Å². The van der Waals surface area contributed by atoms with Crippen molar-refractivity contribution < 1.29 is 19.0 Å². The third-order valence-corrected chi connectivity index (χ3v) is 6.72. The van der Waals surface area contributed by atoms with Crippen molar-refractivity contribution in [3.63, 3.8) is 0 Å². The molecule has 2 saturated heterocycles. The van der Waals surface area contributed by atoms with Gasteiger partial charge in [-0.15, -0.1) is 0 Å².